The highest BCUT2D eigenvalue weighted by atomic mass is 32.2. The standard InChI is InChI=1S/C24H19F.C10H11NOS/c25-19-12-9-17(10-13-19)23-15-18-6-2-3-7-20(18)22-14-11-16-5-1-4-8-21(16)24(22)23;1-2-4-9(5-3-1)12-8-10-11-6-7-13-10/h1,3-5,7-14,23H,2,6,15H2;1-5H,6-8H2. The van der Waals surface area contributed by atoms with Crippen molar-refractivity contribution in [2.75, 3.05) is 18.9 Å². The molecule has 190 valence electrons. The van der Waals surface area contributed by atoms with E-state index in [1.54, 1.807) is 29.5 Å². The molecule has 4 aromatic rings. The zero-order valence-electron chi connectivity index (χ0n) is 21.3. The van der Waals surface area contributed by atoms with Crippen molar-refractivity contribution in [1.29, 1.82) is 0 Å². The Morgan fingerprint density at radius 1 is 0.895 bits per heavy atom. The van der Waals surface area contributed by atoms with Gasteiger partial charge in [0.05, 0.1) is 0 Å². The van der Waals surface area contributed by atoms with E-state index in [9.17, 15) is 4.39 Å². The quantitative estimate of drug-likeness (QED) is 0.269. The van der Waals surface area contributed by atoms with Crippen molar-refractivity contribution in [2.24, 2.45) is 4.99 Å². The van der Waals surface area contributed by atoms with Crippen molar-refractivity contribution in [3.63, 3.8) is 0 Å². The number of aliphatic imine (C=N–C) groups is 1. The topological polar surface area (TPSA) is 21.6 Å². The Balaban J connectivity index is 0.000000171. The number of fused-ring (bicyclic) bond motifs is 4. The molecule has 0 fully saturated rings. The van der Waals surface area contributed by atoms with Crippen molar-refractivity contribution in [3.8, 4) is 5.75 Å². The largest absolute Gasteiger partial charge is 0.487 e. The van der Waals surface area contributed by atoms with Crippen LogP contribution in [0.4, 0.5) is 4.39 Å². The molecule has 1 atom stereocenters. The van der Waals surface area contributed by atoms with Gasteiger partial charge >= 0.3 is 0 Å². The predicted molar refractivity (Wildman–Crippen MR) is 159 cm³/mol. The fourth-order valence-corrected chi connectivity index (χ4v) is 6.31. The summed E-state index contributed by atoms with van der Waals surface area (Å²) in [5.74, 6) is 2.15. The molecule has 0 amide bonds. The van der Waals surface area contributed by atoms with Gasteiger partial charge in [-0.3, -0.25) is 4.99 Å². The normalized spacial score (nSPS) is 17.8. The lowest BCUT2D eigenvalue weighted by atomic mass is 9.72. The molecule has 4 aromatic carbocycles. The lowest BCUT2D eigenvalue weighted by Gasteiger charge is -2.32. The number of ether oxygens (including phenoxy) is 1. The Morgan fingerprint density at radius 2 is 1.71 bits per heavy atom. The monoisotopic (exact) mass is 519 g/mol. The summed E-state index contributed by atoms with van der Waals surface area (Å²) in [5.41, 5.74) is 6.91. The first-order valence-corrected chi connectivity index (χ1v) is 14.2. The maximum absolute atomic E-state index is 13.5. The molecular formula is C34H30FNOS. The molecule has 1 unspecified atom stereocenters. The number of hydrogen-bond donors (Lipinski definition) is 0. The van der Waals surface area contributed by atoms with E-state index >= 15 is 0 Å². The Bertz CT molecular complexity index is 1520. The molecule has 2 nitrogen and oxygen atoms in total. The van der Waals surface area contributed by atoms with E-state index in [4.69, 9.17) is 4.74 Å². The third-order valence-electron chi connectivity index (χ3n) is 7.36. The second kappa shape index (κ2) is 11.4. The summed E-state index contributed by atoms with van der Waals surface area (Å²) in [6.45, 7) is 1.56. The van der Waals surface area contributed by atoms with Crippen LogP contribution in [-0.4, -0.2) is 23.9 Å². The minimum Gasteiger partial charge on any atom is -0.487 e. The smallest absolute Gasteiger partial charge is 0.136 e. The van der Waals surface area contributed by atoms with E-state index in [1.165, 1.54) is 33.0 Å². The number of halogens is 1. The van der Waals surface area contributed by atoms with Crippen LogP contribution in [0, 0.1) is 5.82 Å². The van der Waals surface area contributed by atoms with Crippen LogP contribution in [0.1, 0.15) is 41.9 Å². The summed E-state index contributed by atoms with van der Waals surface area (Å²) in [6, 6.07) is 30.0. The van der Waals surface area contributed by atoms with Gasteiger partial charge in [0.15, 0.2) is 0 Å². The highest BCUT2D eigenvalue weighted by Gasteiger charge is 2.29. The van der Waals surface area contributed by atoms with Gasteiger partial charge in [0.1, 0.15) is 23.2 Å². The summed E-state index contributed by atoms with van der Waals surface area (Å²) >= 11 is 1.79. The Hall–Kier alpha value is -3.63. The van der Waals surface area contributed by atoms with Crippen LogP contribution in [0.3, 0.4) is 0 Å². The molecule has 0 bridgehead atoms. The second-order valence-corrected chi connectivity index (χ2v) is 10.9. The van der Waals surface area contributed by atoms with Gasteiger partial charge in [-0.25, -0.2) is 4.39 Å². The minimum atomic E-state index is -0.168. The molecule has 0 aromatic heterocycles. The maximum Gasteiger partial charge on any atom is 0.136 e. The minimum absolute atomic E-state index is 0.168. The first-order chi connectivity index (χ1) is 18.8. The number of benzene rings is 4. The molecule has 3 aliphatic rings. The lowest BCUT2D eigenvalue weighted by Crippen LogP contribution is -2.14. The highest BCUT2D eigenvalue weighted by molar-refractivity contribution is 8.14. The molecule has 4 heteroatoms. The van der Waals surface area contributed by atoms with E-state index < -0.39 is 0 Å². The second-order valence-electron chi connectivity index (χ2n) is 9.74. The van der Waals surface area contributed by atoms with Gasteiger partial charge in [-0.1, -0.05) is 84.5 Å². The van der Waals surface area contributed by atoms with Gasteiger partial charge in [0.25, 0.3) is 0 Å². The van der Waals surface area contributed by atoms with Crippen molar-refractivity contribution in [2.45, 2.75) is 25.2 Å². The van der Waals surface area contributed by atoms with Gasteiger partial charge in [-0.2, -0.15) is 0 Å². The van der Waals surface area contributed by atoms with Gasteiger partial charge in [-0.05, 0) is 76.6 Å². The molecule has 1 heterocycles. The van der Waals surface area contributed by atoms with Crippen molar-refractivity contribution in [3.05, 3.63) is 131 Å². The van der Waals surface area contributed by atoms with Crippen LogP contribution in [0.15, 0.2) is 114 Å². The van der Waals surface area contributed by atoms with E-state index in [0.29, 0.717) is 12.5 Å². The number of rotatable bonds is 4. The Morgan fingerprint density at radius 3 is 2.53 bits per heavy atom. The molecule has 0 N–H and O–H groups in total. The van der Waals surface area contributed by atoms with Crippen LogP contribution < -0.4 is 4.74 Å². The third kappa shape index (κ3) is 5.32. The molecular weight excluding hydrogens is 489 g/mol. The zero-order valence-corrected chi connectivity index (χ0v) is 22.1. The number of nitrogens with zero attached hydrogens (tertiary/aromatic N) is 1. The Kier molecular flexibility index (Phi) is 7.41. The van der Waals surface area contributed by atoms with Crippen LogP contribution in [-0.2, 0) is 0 Å². The SMILES string of the molecule is Fc1ccc(C2CC3=C(C=CCC3)c3ccc4ccccc4c32)cc1.c1ccc(OCC2=NCCS2)cc1. The number of hydrogen-bond acceptors (Lipinski definition) is 3. The number of thioether (sulfide) groups is 1. The summed E-state index contributed by atoms with van der Waals surface area (Å²) in [4.78, 5) is 4.31. The lowest BCUT2D eigenvalue weighted by molar-refractivity contribution is 0.379. The van der Waals surface area contributed by atoms with Gasteiger partial charge < -0.3 is 4.74 Å². The van der Waals surface area contributed by atoms with Crippen molar-refractivity contribution >= 4 is 33.2 Å². The molecule has 7 rings (SSSR count). The molecule has 0 radical (unpaired) electrons. The molecule has 0 saturated carbocycles. The third-order valence-corrected chi connectivity index (χ3v) is 8.33. The summed E-state index contributed by atoms with van der Waals surface area (Å²) in [5, 5.41) is 3.71. The molecule has 0 saturated heterocycles. The van der Waals surface area contributed by atoms with Gasteiger partial charge in [0, 0.05) is 18.2 Å². The highest BCUT2D eigenvalue weighted by Crippen LogP contribution is 2.47. The van der Waals surface area contributed by atoms with Gasteiger partial charge in [0.2, 0.25) is 0 Å². The number of para-hydroxylation sites is 1. The maximum atomic E-state index is 13.5. The van der Waals surface area contributed by atoms with Crippen LogP contribution >= 0.6 is 11.8 Å². The van der Waals surface area contributed by atoms with E-state index in [0.717, 1.165) is 42.4 Å². The molecule has 1 aliphatic heterocycles. The fraction of sp³-hybridized carbons (Fsp3) is 0.206. The molecule has 0 spiro atoms. The van der Waals surface area contributed by atoms with Crippen molar-refractivity contribution in [1.82, 2.24) is 0 Å². The average molecular weight is 520 g/mol. The number of allylic oxidation sites excluding steroid dienone is 4. The summed E-state index contributed by atoms with van der Waals surface area (Å²) < 4.78 is 19.0. The summed E-state index contributed by atoms with van der Waals surface area (Å²) in [6.07, 6.45) is 7.88. The van der Waals surface area contributed by atoms with Crippen LogP contribution in [0.5, 0.6) is 5.75 Å². The molecule has 38 heavy (non-hydrogen) atoms. The van der Waals surface area contributed by atoms with Gasteiger partial charge in [-0.15, -0.1) is 11.8 Å². The Labute approximate surface area is 228 Å². The fourth-order valence-electron chi connectivity index (χ4n) is 5.57. The first kappa shape index (κ1) is 24.7. The first-order valence-electron chi connectivity index (χ1n) is 13.3. The summed E-state index contributed by atoms with van der Waals surface area (Å²) in [7, 11) is 0. The van der Waals surface area contributed by atoms with E-state index in [2.05, 4.69) is 53.5 Å². The van der Waals surface area contributed by atoms with E-state index in [1.807, 2.05) is 42.5 Å². The van der Waals surface area contributed by atoms with E-state index in [-0.39, 0.29) is 5.82 Å². The average Bonchev–Trinajstić information content (AvgIpc) is 3.51. The molecule has 2 aliphatic carbocycles. The van der Waals surface area contributed by atoms with Crippen LogP contribution in [0.25, 0.3) is 16.3 Å². The predicted octanol–water partition coefficient (Wildman–Crippen LogP) is 8.83. The van der Waals surface area contributed by atoms with Crippen LogP contribution in [0.2, 0.25) is 0 Å². The van der Waals surface area contributed by atoms with Crippen molar-refractivity contribution < 1.29 is 9.13 Å². The zero-order chi connectivity index (χ0) is 25.7.